The van der Waals surface area contributed by atoms with Crippen molar-refractivity contribution in [1.29, 1.82) is 0 Å². The summed E-state index contributed by atoms with van der Waals surface area (Å²) in [5, 5.41) is 5.57. The highest BCUT2D eigenvalue weighted by atomic mass is 16.5. The van der Waals surface area contributed by atoms with Crippen molar-refractivity contribution in [3.05, 3.63) is 65.7 Å². The van der Waals surface area contributed by atoms with E-state index in [4.69, 9.17) is 4.74 Å². The topological polar surface area (TPSA) is 67.4 Å². The highest BCUT2D eigenvalue weighted by molar-refractivity contribution is 5.94. The smallest absolute Gasteiger partial charge is 0.251 e. The number of carbonyl (C=O) groups is 2. The molecular weight excluding hydrogens is 316 g/mol. The maximum Gasteiger partial charge on any atom is 0.251 e. The maximum absolute atomic E-state index is 11.9. The van der Waals surface area contributed by atoms with E-state index in [2.05, 4.69) is 10.6 Å². The summed E-state index contributed by atoms with van der Waals surface area (Å²) < 4.78 is 5.53. The number of amides is 2. The number of hydrogen-bond acceptors (Lipinski definition) is 3. The molecule has 0 aliphatic rings. The first-order valence-electron chi connectivity index (χ1n) is 8.44. The molecule has 0 spiro atoms. The molecule has 0 aromatic heterocycles. The van der Waals surface area contributed by atoms with Gasteiger partial charge in [-0.1, -0.05) is 35.9 Å². The Kier molecular flexibility index (Phi) is 7.50. The minimum absolute atomic E-state index is 0.0405. The Morgan fingerprint density at radius 2 is 1.60 bits per heavy atom. The lowest BCUT2D eigenvalue weighted by Gasteiger charge is -2.08. The third kappa shape index (κ3) is 7.08. The van der Waals surface area contributed by atoms with Gasteiger partial charge in [-0.05, 0) is 37.6 Å². The second-order valence-corrected chi connectivity index (χ2v) is 5.74. The molecule has 0 heterocycles. The van der Waals surface area contributed by atoms with Crippen LogP contribution in [0.3, 0.4) is 0 Å². The summed E-state index contributed by atoms with van der Waals surface area (Å²) in [5.74, 6) is 0.633. The Bertz CT molecular complexity index is 669. The molecule has 0 aliphatic carbocycles. The quantitative estimate of drug-likeness (QED) is 0.690. The van der Waals surface area contributed by atoms with Crippen LogP contribution in [0, 0.1) is 6.92 Å². The molecule has 0 unspecified atom stereocenters. The summed E-state index contributed by atoms with van der Waals surface area (Å²) in [6.45, 7) is 3.29. The molecule has 132 valence electrons. The van der Waals surface area contributed by atoms with Crippen LogP contribution < -0.4 is 15.4 Å². The van der Waals surface area contributed by atoms with E-state index in [1.54, 1.807) is 12.1 Å². The van der Waals surface area contributed by atoms with E-state index in [9.17, 15) is 9.59 Å². The summed E-state index contributed by atoms with van der Waals surface area (Å²) in [4.78, 5) is 23.6. The Hall–Kier alpha value is -2.82. The predicted molar refractivity (Wildman–Crippen MR) is 97.7 cm³/mol. The van der Waals surface area contributed by atoms with Crippen molar-refractivity contribution in [2.24, 2.45) is 0 Å². The van der Waals surface area contributed by atoms with Gasteiger partial charge in [-0.15, -0.1) is 0 Å². The van der Waals surface area contributed by atoms with E-state index in [1.807, 2.05) is 49.4 Å². The Morgan fingerprint density at radius 3 is 2.32 bits per heavy atom. The molecule has 2 aromatic carbocycles. The van der Waals surface area contributed by atoms with Crippen LogP contribution in [-0.4, -0.2) is 31.5 Å². The van der Waals surface area contributed by atoms with Crippen molar-refractivity contribution in [2.45, 2.75) is 19.8 Å². The fraction of sp³-hybridized carbons (Fsp3) is 0.300. The van der Waals surface area contributed by atoms with Crippen LogP contribution in [0.25, 0.3) is 0 Å². The number of para-hydroxylation sites is 1. The molecule has 0 atom stereocenters. The van der Waals surface area contributed by atoms with Crippen molar-refractivity contribution in [1.82, 2.24) is 10.6 Å². The Balaban J connectivity index is 1.53. The van der Waals surface area contributed by atoms with E-state index >= 15 is 0 Å². The molecule has 5 nitrogen and oxygen atoms in total. The third-order valence-electron chi connectivity index (χ3n) is 3.61. The lowest BCUT2D eigenvalue weighted by molar-refractivity contribution is -0.121. The van der Waals surface area contributed by atoms with Gasteiger partial charge in [-0.2, -0.15) is 0 Å². The summed E-state index contributed by atoms with van der Waals surface area (Å²) in [7, 11) is 0. The summed E-state index contributed by atoms with van der Waals surface area (Å²) in [6.07, 6.45) is 1.05. The number of ether oxygens (including phenoxy) is 1. The molecule has 0 fully saturated rings. The van der Waals surface area contributed by atoms with Gasteiger partial charge in [0.05, 0.1) is 6.61 Å². The van der Waals surface area contributed by atoms with Crippen LogP contribution in [0.15, 0.2) is 54.6 Å². The van der Waals surface area contributed by atoms with Gasteiger partial charge in [0.1, 0.15) is 5.75 Å². The molecule has 2 amide bonds. The number of carbonyl (C=O) groups excluding carboxylic acids is 2. The van der Waals surface area contributed by atoms with Crippen LogP contribution in [0.5, 0.6) is 5.75 Å². The van der Waals surface area contributed by atoms with Gasteiger partial charge in [-0.3, -0.25) is 9.59 Å². The van der Waals surface area contributed by atoms with Crippen LogP contribution in [0.2, 0.25) is 0 Å². The molecule has 2 rings (SSSR count). The normalized spacial score (nSPS) is 10.1. The average Bonchev–Trinajstić information content (AvgIpc) is 2.63. The second-order valence-electron chi connectivity index (χ2n) is 5.74. The molecule has 5 heteroatoms. The van der Waals surface area contributed by atoms with Crippen LogP contribution in [-0.2, 0) is 4.79 Å². The highest BCUT2D eigenvalue weighted by Crippen LogP contribution is 2.08. The number of benzene rings is 2. The van der Waals surface area contributed by atoms with E-state index in [0.717, 1.165) is 11.3 Å². The standard InChI is InChI=1S/C20H24N2O3/c1-16-9-11-17(12-10-16)20(24)22-14-13-21-19(23)8-5-15-25-18-6-3-2-4-7-18/h2-4,6-7,9-12H,5,8,13-15H2,1H3,(H,21,23)(H,22,24). The Labute approximate surface area is 148 Å². The predicted octanol–water partition coefficient (Wildman–Crippen LogP) is 2.70. The van der Waals surface area contributed by atoms with E-state index < -0.39 is 0 Å². The highest BCUT2D eigenvalue weighted by Gasteiger charge is 2.05. The summed E-state index contributed by atoms with van der Waals surface area (Å²) in [6, 6.07) is 16.9. The zero-order valence-corrected chi connectivity index (χ0v) is 14.5. The van der Waals surface area contributed by atoms with Crippen molar-refractivity contribution in [3.63, 3.8) is 0 Å². The number of nitrogens with one attached hydrogen (secondary N) is 2. The molecular formula is C20H24N2O3. The van der Waals surface area contributed by atoms with Crippen molar-refractivity contribution >= 4 is 11.8 Å². The fourth-order valence-corrected chi connectivity index (χ4v) is 2.21. The van der Waals surface area contributed by atoms with Crippen LogP contribution in [0.4, 0.5) is 0 Å². The third-order valence-corrected chi connectivity index (χ3v) is 3.61. The minimum atomic E-state index is -0.134. The Morgan fingerprint density at radius 1 is 0.920 bits per heavy atom. The second kappa shape index (κ2) is 10.1. The number of aryl methyl sites for hydroxylation is 1. The summed E-state index contributed by atoms with van der Waals surface area (Å²) in [5.41, 5.74) is 1.73. The lowest BCUT2D eigenvalue weighted by atomic mass is 10.1. The van der Waals surface area contributed by atoms with Crippen LogP contribution in [0.1, 0.15) is 28.8 Å². The van der Waals surface area contributed by atoms with Gasteiger partial charge in [0.25, 0.3) is 5.91 Å². The largest absolute Gasteiger partial charge is 0.494 e. The fourth-order valence-electron chi connectivity index (χ4n) is 2.21. The zero-order chi connectivity index (χ0) is 17.9. The molecule has 0 radical (unpaired) electrons. The first-order valence-corrected chi connectivity index (χ1v) is 8.44. The first kappa shape index (κ1) is 18.5. The summed E-state index contributed by atoms with van der Waals surface area (Å²) >= 11 is 0. The van der Waals surface area contributed by atoms with Gasteiger partial charge < -0.3 is 15.4 Å². The van der Waals surface area contributed by atoms with Gasteiger partial charge in [0, 0.05) is 25.1 Å². The van der Waals surface area contributed by atoms with Crippen molar-refractivity contribution < 1.29 is 14.3 Å². The van der Waals surface area contributed by atoms with Crippen LogP contribution >= 0.6 is 0 Å². The van der Waals surface area contributed by atoms with Gasteiger partial charge in [0.15, 0.2) is 0 Å². The maximum atomic E-state index is 11.9. The first-order chi connectivity index (χ1) is 12.1. The molecule has 25 heavy (non-hydrogen) atoms. The van der Waals surface area contributed by atoms with Crippen molar-refractivity contribution in [3.8, 4) is 5.75 Å². The van der Waals surface area contributed by atoms with Gasteiger partial charge in [0.2, 0.25) is 5.91 Å². The van der Waals surface area contributed by atoms with E-state index in [1.165, 1.54) is 0 Å². The van der Waals surface area contributed by atoms with Crippen molar-refractivity contribution in [2.75, 3.05) is 19.7 Å². The molecule has 0 saturated heterocycles. The van der Waals surface area contributed by atoms with E-state index in [0.29, 0.717) is 38.1 Å². The molecule has 0 aliphatic heterocycles. The number of rotatable bonds is 9. The number of hydrogen-bond donors (Lipinski definition) is 2. The molecule has 2 aromatic rings. The monoisotopic (exact) mass is 340 g/mol. The SMILES string of the molecule is Cc1ccc(C(=O)NCCNC(=O)CCCOc2ccccc2)cc1. The average molecular weight is 340 g/mol. The van der Waals surface area contributed by atoms with Gasteiger partial charge >= 0.3 is 0 Å². The molecule has 2 N–H and O–H groups in total. The molecule has 0 bridgehead atoms. The zero-order valence-electron chi connectivity index (χ0n) is 14.5. The lowest BCUT2D eigenvalue weighted by Crippen LogP contribution is -2.34. The molecule has 0 saturated carbocycles. The van der Waals surface area contributed by atoms with E-state index in [-0.39, 0.29) is 11.8 Å². The minimum Gasteiger partial charge on any atom is -0.494 e. The van der Waals surface area contributed by atoms with Gasteiger partial charge in [-0.25, -0.2) is 0 Å².